The summed E-state index contributed by atoms with van der Waals surface area (Å²) in [5, 5.41) is 17.2. The summed E-state index contributed by atoms with van der Waals surface area (Å²) >= 11 is 0. The summed E-state index contributed by atoms with van der Waals surface area (Å²) in [6.07, 6.45) is 0.318. The molecule has 0 rings (SSSR count). The van der Waals surface area contributed by atoms with Gasteiger partial charge in [0.15, 0.2) is 0 Å². The van der Waals surface area contributed by atoms with Crippen molar-refractivity contribution in [2.75, 3.05) is 6.61 Å². The highest BCUT2D eigenvalue weighted by Gasteiger charge is 2.46. The van der Waals surface area contributed by atoms with Crippen LogP contribution in [0.3, 0.4) is 0 Å². The lowest BCUT2D eigenvalue weighted by atomic mass is 9.97. The summed E-state index contributed by atoms with van der Waals surface area (Å²) in [7, 11) is 0. The molecule has 7 heteroatoms. The largest absolute Gasteiger partial charge is 0.481 e. The highest BCUT2D eigenvalue weighted by molar-refractivity contribution is 6.06. The van der Waals surface area contributed by atoms with Crippen LogP contribution in [0.2, 0.25) is 0 Å². The molecule has 0 heterocycles. The Morgan fingerprint density at radius 2 is 1.88 bits per heavy atom. The number of esters is 1. The van der Waals surface area contributed by atoms with Crippen molar-refractivity contribution in [1.29, 1.82) is 0 Å². The number of carbonyl (C=O) groups is 3. The van der Waals surface area contributed by atoms with Crippen molar-refractivity contribution in [2.24, 2.45) is 5.73 Å². The Morgan fingerprint density at radius 3 is 2.25 bits per heavy atom. The maximum absolute atomic E-state index is 11.3. The topological polar surface area (TPSA) is 127 Å². The second-order valence-electron chi connectivity index (χ2n) is 3.34. The van der Waals surface area contributed by atoms with Crippen LogP contribution in [0.5, 0.6) is 0 Å². The molecule has 1 unspecified atom stereocenters. The molecular weight excluding hydrogens is 218 g/mol. The highest BCUT2D eigenvalue weighted by Crippen LogP contribution is 2.10. The minimum Gasteiger partial charge on any atom is -0.481 e. The monoisotopic (exact) mass is 233 g/mol. The number of carbonyl (C=O) groups excluding carboxylic acids is 1. The minimum atomic E-state index is -2.51. The molecule has 0 aromatic rings. The molecule has 0 aliphatic rings. The zero-order valence-corrected chi connectivity index (χ0v) is 8.93. The summed E-state index contributed by atoms with van der Waals surface area (Å²) in [6, 6.07) is 0. The number of rotatable bonds is 7. The first kappa shape index (κ1) is 14.4. The Labute approximate surface area is 92.2 Å². The van der Waals surface area contributed by atoms with Gasteiger partial charge in [0.25, 0.3) is 0 Å². The third-order valence-electron chi connectivity index (χ3n) is 1.91. The van der Waals surface area contributed by atoms with Gasteiger partial charge in [-0.05, 0) is 6.42 Å². The molecule has 0 amide bonds. The Bertz CT molecular complexity index is 290. The summed E-state index contributed by atoms with van der Waals surface area (Å²) in [6.45, 7) is 1.89. The molecule has 0 radical (unpaired) electrons. The van der Waals surface area contributed by atoms with Gasteiger partial charge < -0.3 is 20.7 Å². The van der Waals surface area contributed by atoms with Gasteiger partial charge in [0.1, 0.15) is 0 Å². The second-order valence-corrected chi connectivity index (χ2v) is 3.34. The number of nitrogens with two attached hydrogens (primary N) is 1. The average Bonchev–Trinajstić information content (AvgIpc) is 2.16. The van der Waals surface area contributed by atoms with Crippen molar-refractivity contribution < 1.29 is 29.3 Å². The summed E-state index contributed by atoms with van der Waals surface area (Å²) in [4.78, 5) is 32.5. The smallest absolute Gasteiger partial charge is 0.338 e. The van der Waals surface area contributed by atoms with E-state index in [-0.39, 0.29) is 6.61 Å². The third-order valence-corrected chi connectivity index (χ3v) is 1.91. The molecule has 16 heavy (non-hydrogen) atoms. The summed E-state index contributed by atoms with van der Waals surface area (Å²) in [5.74, 6) is -4.41. The fraction of sp³-hybridized carbons (Fsp3) is 0.667. The lowest BCUT2D eigenvalue weighted by Gasteiger charge is -2.20. The predicted molar refractivity (Wildman–Crippen MR) is 52.7 cm³/mol. The molecule has 0 bridgehead atoms. The van der Waals surface area contributed by atoms with Crippen LogP contribution in [-0.4, -0.2) is 40.3 Å². The molecule has 0 spiro atoms. The number of hydrogen-bond donors (Lipinski definition) is 3. The molecule has 0 aliphatic carbocycles. The minimum absolute atomic E-state index is 0.0290. The van der Waals surface area contributed by atoms with Gasteiger partial charge in [-0.15, -0.1) is 0 Å². The SMILES string of the molecule is CCCCOC(=O)C(N)(CC(=O)O)C(=O)O. The number of carboxylic acids is 2. The van der Waals surface area contributed by atoms with Gasteiger partial charge in [-0.2, -0.15) is 0 Å². The quantitative estimate of drug-likeness (QED) is 0.309. The molecule has 0 saturated heterocycles. The third kappa shape index (κ3) is 3.85. The molecule has 0 aliphatic heterocycles. The molecule has 1 atom stereocenters. The van der Waals surface area contributed by atoms with E-state index in [0.29, 0.717) is 6.42 Å². The Kier molecular flexibility index (Phi) is 5.44. The van der Waals surface area contributed by atoms with Crippen molar-refractivity contribution in [1.82, 2.24) is 0 Å². The molecule has 0 aromatic carbocycles. The van der Waals surface area contributed by atoms with E-state index >= 15 is 0 Å². The Morgan fingerprint density at radius 1 is 1.31 bits per heavy atom. The van der Waals surface area contributed by atoms with Crippen LogP contribution in [0.1, 0.15) is 26.2 Å². The normalized spacial score (nSPS) is 13.9. The van der Waals surface area contributed by atoms with Gasteiger partial charge in [0.2, 0.25) is 5.54 Å². The van der Waals surface area contributed by atoms with Crippen molar-refractivity contribution >= 4 is 17.9 Å². The van der Waals surface area contributed by atoms with Crippen LogP contribution in [0.15, 0.2) is 0 Å². The van der Waals surface area contributed by atoms with Crippen LogP contribution in [0.25, 0.3) is 0 Å². The maximum Gasteiger partial charge on any atom is 0.338 e. The van der Waals surface area contributed by atoms with Gasteiger partial charge in [0.05, 0.1) is 13.0 Å². The van der Waals surface area contributed by atoms with E-state index in [1.54, 1.807) is 0 Å². The average molecular weight is 233 g/mol. The van der Waals surface area contributed by atoms with Crippen molar-refractivity contribution in [2.45, 2.75) is 31.7 Å². The summed E-state index contributed by atoms with van der Waals surface area (Å²) in [5.41, 5.74) is 2.70. The lowest BCUT2D eigenvalue weighted by molar-refractivity contribution is -0.165. The van der Waals surface area contributed by atoms with E-state index in [0.717, 1.165) is 6.42 Å². The van der Waals surface area contributed by atoms with Gasteiger partial charge in [-0.3, -0.25) is 4.79 Å². The van der Waals surface area contributed by atoms with Gasteiger partial charge >= 0.3 is 17.9 Å². The van der Waals surface area contributed by atoms with Crippen LogP contribution >= 0.6 is 0 Å². The number of unbranched alkanes of at least 4 members (excludes halogenated alkanes) is 1. The number of ether oxygens (including phenoxy) is 1. The van der Waals surface area contributed by atoms with Crippen molar-refractivity contribution in [3.05, 3.63) is 0 Å². The standard InChI is InChI=1S/C9H15NO6/c1-2-3-4-16-8(15)9(10,7(13)14)5-6(11)12/h2-5,10H2,1H3,(H,11,12)(H,13,14). The van der Waals surface area contributed by atoms with Crippen LogP contribution in [0.4, 0.5) is 0 Å². The molecule has 0 fully saturated rings. The maximum atomic E-state index is 11.3. The van der Waals surface area contributed by atoms with E-state index in [9.17, 15) is 14.4 Å². The van der Waals surface area contributed by atoms with E-state index in [4.69, 9.17) is 15.9 Å². The van der Waals surface area contributed by atoms with E-state index in [1.807, 2.05) is 6.92 Å². The van der Waals surface area contributed by atoms with Gasteiger partial charge in [-0.25, -0.2) is 9.59 Å². The van der Waals surface area contributed by atoms with E-state index in [1.165, 1.54) is 0 Å². The molecule has 4 N–H and O–H groups in total. The Hall–Kier alpha value is -1.63. The first-order valence-corrected chi connectivity index (χ1v) is 4.76. The first-order chi connectivity index (χ1) is 7.34. The molecule has 7 nitrogen and oxygen atoms in total. The van der Waals surface area contributed by atoms with Crippen LogP contribution in [-0.2, 0) is 19.1 Å². The number of carboxylic acid groups (broad SMARTS) is 2. The molecule has 0 saturated carbocycles. The zero-order valence-electron chi connectivity index (χ0n) is 8.93. The molecule has 92 valence electrons. The van der Waals surface area contributed by atoms with E-state index < -0.39 is 29.9 Å². The van der Waals surface area contributed by atoms with Gasteiger partial charge in [-0.1, -0.05) is 13.3 Å². The van der Waals surface area contributed by atoms with Gasteiger partial charge in [0, 0.05) is 0 Å². The fourth-order valence-corrected chi connectivity index (χ4v) is 0.912. The molecule has 0 aromatic heterocycles. The van der Waals surface area contributed by atoms with Crippen molar-refractivity contribution in [3.63, 3.8) is 0 Å². The van der Waals surface area contributed by atoms with E-state index in [2.05, 4.69) is 4.74 Å². The second kappa shape index (κ2) is 6.06. The van der Waals surface area contributed by atoms with Crippen molar-refractivity contribution in [3.8, 4) is 0 Å². The number of hydrogen-bond acceptors (Lipinski definition) is 5. The molecular formula is C9H15NO6. The summed E-state index contributed by atoms with van der Waals surface area (Å²) < 4.78 is 4.60. The Balaban J connectivity index is 4.58. The highest BCUT2D eigenvalue weighted by atomic mass is 16.5. The number of aliphatic carboxylic acids is 2. The van der Waals surface area contributed by atoms with Crippen LogP contribution < -0.4 is 5.73 Å². The first-order valence-electron chi connectivity index (χ1n) is 4.76. The lowest BCUT2D eigenvalue weighted by Crippen LogP contribution is -2.57. The fourth-order valence-electron chi connectivity index (χ4n) is 0.912. The zero-order chi connectivity index (χ0) is 12.8. The predicted octanol–water partition coefficient (Wildman–Crippen LogP) is -0.413. The van der Waals surface area contributed by atoms with Crippen LogP contribution in [0, 0.1) is 0 Å².